The topological polar surface area (TPSA) is 78.9 Å². The van der Waals surface area contributed by atoms with Crippen LogP contribution in [0.5, 0.6) is 0 Å². The zero-order valence-electron chi connectivity index (χ0n) is 11.8. The molecular weight excluding hydrogens is 280 g/mol. The van der Waals surface area contributed by atoms with Crippen LogP contribution in [0.15, 0.2) is 12.2 Å². The summed E-state index contributed by atoms with van der Waals surface area (Å²) in [6.07, 6.45) is 6.19. The Balaban J connectivity index is 2.44. The van der Waals surface area contributed by atoms with E-state index in [0.717, 1.165) is 6.42 Å². The van der Waals surface area contributed by atoms with Crippen LogP contribution in [-0.2, 0) is 27.7 Å². The summed E-state index contributed by atoms with van der Waals surface area (Å²) in [5, 5.41) is -0.652. The SMILES string of the molecule is CC(=O)O[Si](OC(C)=O)(OC(C)=O)C12C=CC(CC1)C2. The van der Waals surface area contributed by atoms with Crippen molar-refractivity contribution in [1.82, 2.24) is 0 Å². The minimum Gasteiger partial charge on any atom is -0.455 e. The van der Waals surface area contributed by atoms with Crippen LogP contribution < -0.4 is 0 Å². The number of carbonyl (C=O) groups is 3. The molecule has 2 atom stereocenters. The van der Waals surface area contributed by atoms with Gasteiger partial charge in [-0.05, 0) is 25.2 Å². The molecule has 2 unspecified atom stereocenters. The Kier molecular flexibility index (Phi) is 3.73. The number of fused-ring (bicyclic) bond motifs is 2. The summed E-state index contributed by atoms with van der Waals surface area (Å²) >= 11 is 0. The van der Waals surface area contributed by atoms with E-state index < -0.39 is 31.8 Å². The van der Waals surface area contributed by atoms with E-state index in [4.69, 9.17) is 13.3 Å². The van der Waals surface area contributed by atoms with Crippen LogP contribution in [0.4, 0.5) is 0 Å². The number of hydrogen-bond acceptors (Lipinski definition) is 6. The summed E-state index contributed by atoms with van der Waals surface area (Å²) in [6, 6.07) is 0. The fourth-order valence-electron chi connectivity index (χ4n) is 3.07. The average Bonchev–Trinajstić information content (AvgIpc) is 2.86. The molecule has 0 saturated heterocycles. The number of allylic oxidation sites excluding steroid dienone is 2. The van der Waals surface area contributed by atoms with Crippen molar-refractivity contribution in [2.24, 2.45) is 5.92 Å². The number of rotatable bonds is 4. The van der Waals surface area contributed by atoms with Gasteiger partial charge in [0.25, 0.3) is 17.9 Å². The molecule has 0 heterocycles. The molecule has 0 aromatic heterocycles. The predicted octanol–water partition coefficient (Wildman–Crippen LogP) is 1.72. The molecule has 0 spiro atoms. The summed E-state index contributed by atoms with van der Waals surface area (Å²) < 4.78 is 16.0. The van der Waals surface area contributed by atoms with Crippen LogP contribution in [0, 0.1) is 5.92 Å². The molecular formula is C13H18O6Si. The van der Waals surface area contributed by atoms with Gasteiger partial charge in [0.15, 0.2) is 0 Å². The molecule has 2 aliphatic rings. The maximum atomic E-state index is 11.5. The zero-order valence-corrected chi connectivity index (χ0v) is 12.8. The van der Waals surface area contributed by atoms with Crippen LogP contribution >= 0.6 is 0 Å². The van der Waals surface area contributed by atoms with Crippen LogP contribution in [0.1, 0.15) is 40.0 Å². The molecule has 1 saturated carbocycles. The van der Waals surface area contributed by atoms with Crippen LogP contribution in [0.2, 0.25) is 5.04 Å². The second kappa shape index (κ2) is 5.04. The summed E-state index contributed by atoms with van der Waals surface area (Å²) in [5.74, 6) is -1.48. The van der Waals surface area contributed by atoms with Gasteiger partial charge in [0, 0.05) is 20.8 Å². The van der Waals surface area contributed by atoms with E-state index in [0.29, 0.717) is 18.8 Å². The van der Waals surface area contributed by atoms with Crippen molar-refractivity contribution < 1.29 is 27.7 Å². The van der Waals surface area contributed by atoms with Gasteiger partial charge >= 0.3 is 8.80 Å². The lowest BCUT2D eigenvalue weighted by Crippen LogP contribution is -2.57. The second-order valence-electron chi connectivity index (χ2n) is 5.36. The molecule has 20 heavy (non-hydrogen) atoms. The van der Waals surface area contributed by atoms with E-state index in [1.807, 2.05) is 12.2 Å². The van der Waals surface area contributed by atoms with Crippen molar-refractivity contribution in [1.29, 1.82) is 0 Å². The highest BCUT2D eigenvalue weighted by atomic mass is 28.4. The minimum atomic E-state index is -3.80. The normalized spacial score (nSPS) is 27.2. The van der Waals surface area contributed by atoms with Gasteiger partial charge in [-0.15, -0.1) is 0 Å². The first kappa shape index (κ1) is 14.8. The quantitative estimate of drug-likeness (QED) is 0.581. The van der Waals surface area contributed by atoms with Crippen molar-refractivity contribution >= 4 is 26.7 Å². The molecule has 2 rings (SSSR count). The van der Waals surface area contributed by atoms with Crippen molar-refractivity contribution in [3.05, 3.63) is 12.2 Å². The first-order chi connectivity index (χ1) is 9.28. The third kappa shape index (κ3) is 2.49. The van der Waals surface area contributed by atoms with Crippen LogP contribution in [0.3, 0.4) is 0 Å². The van der Waals surface area contributed by atoms with Crippen LogP contribution in [-0.4, -0.2) is 26.7 Å². The van der Waals surface area contributed by atoms with Gasteiger partial charge in [0.05, 0.1) is 5.04 Å². The summed E-state index contributed by atoms with van der Waals surface area (Å²) in [7, 11) is -3.80. The first-order valence-electron chi connectivity index (χ1n) is 6.57. The maximum Gasteiger partial charge on any atom is 0.715 e. The van der Waals surface area contributed by atoms with Gasteiger partial charge < -0.3 is 13.3 Å². The maximum absolute atomic E-state index is 11.5. The monoisotopic (exact) mass is 298 g/mol. The summed E-state index contributed by atoms with van der Waals surface area (Å²) in [5.41, 5.74) is 0. The molecule has 0 aromatic carbocycles. The molecule has 6 nitrogen and oxygen atoms in total. The molecule has 1 fully saturated rings. The Morgan fingerprint density at radius 1 is 1.05 bits per heavy atom. The Bertz CT molecular complexity index is 444. The average molecular weight is 298 g/mol. The second-order valence-corrected chi connectivity index (χ2v) is 8.08. The van der Waals surface area contributed by atoms with Crippen LogP contribution in [0.25, 0.3) is 0 Å². The lowest BCUT2D eigenvalue weighted by molar-refractivity contribution is -0.149. The molecule has 2 bridgehead atoms. The zero-order chi connectivity index (χ0) is 15.0. The van der Waals surface area contributed by atoms with Gasteiger partial charge in [0.1, 0.15) is 0 Å². The largest absolute Gasteiger partial charge is 0.715 e. The van der Waals surface area contributed by atoms with Crippen molar-refractivity contribution in [3.8, 4) is 0 Å². The Hall–Kier alpha value is -1.63. The molecule has 0 amide bonds. The minimum absolute atomic E-state index is 0.364. The van der Waals surface area contributed by atoms with E-state index in [9.17, 15) is 14.4 Å². The van der Waals surface area contributed by atoms with Gasteiger partial charge in [-0.25, -0.2) is 0 Å². The Labute approximate surface area is 118 Å². The van der Waals surface area contributed by atoms with E-state index >= 15 is 0 Å². The highest BCUT2D eigenvalue weighted by molar-refractivity contribution is 6.69. The molecule has 110 valence electrons. The fraction of sp³-hybridized carbons (Fsp3) is 0.615. The van der Waals surface area contributed by atoms with E-state index in [1.165, 1.54) is 20.8 Å². The van der Waals surface area contributed by atoms with Crippen molar-refractivity contribution in [3.63, 3.8) is 0 Å². The van der Waals surface area contributed by atoms with Gasteiger partial charge in [0.2, 0.25) is 0 Å². The Morgan fingerprint density at radius 3 is 1.80 bits per heavy atom. The van der Waals surface area contributed by atoms with Crippen molar-refractivity contribution in [2.75, 3.05) is 0 Å². The van der Waals surface area contributed by atoms with E-state index in [1.54, 1.807) is 0 Å². The third-order valence-electron chi connectivity index (χ3n) is 3.72. The standard InChI is InChI=1S/C13H18O6Si/c1-9(14)17-20(18-10(2)15,19-11(3)16)13-6-4-12(8-13)5-7-13/h4,6,12H,5,7-8H2,1-3H3. The number of carbonyl (C=O) groups excluding carboxylic acids is 3. The number of hydrogen-bond donors (Lipinski definition) is 0. The molecule has 0 aliphatic heterocycles. The van der Waals surface area contributed by atoms with Gasteiger partial charge in [-0.1, -0.05) is 12.2 Å². The van der Waals surface area contributed by atoms with Gasteiger partial charge in [-0.3, -0.25) is 14.4 Å². The van der Waals surface area contributed by atoms with Gasteiger partial charge in [-0.2, -0.15) is 0 Å². The highest BCUT2D eigenvalue weighted by Gasteiger charge is 2.71. The van der Waals surface area contributed by atoms with E-state index in [2.05, 4.69) is 0 Å². The molecule has 0 aromatic rings. The molecule has 7 heteroatoms. The summed E-state index contributed by atoms with van der Waals surface area (Å²) in [4.78, 5) is 34.4. The lowest BCUT2D eigenvalue weighted by atomic mass is 10.1. The lowest BCUT2D eigenvalue weighted by Gasteiger charge is -2.37. The smallest absolute Gasteiger partial charge is 0.455 e. The van der Waals surface area contributed by atoms with E-state index in [-0.39, 0.29) is 0 Å². The Morgan fingerprint density at radius 2 is 1.55 bits per heavy atom. The summed E-state index contributed by atoms with van der Waals surface area (Å²) in [6.45, 7) is 3.66. The van der Waals surface area contributed by atoms with Crippen molar-refractivity contribution in [2.45, 2.75) is 45.1 Å². The fourth-order valence-corrected chi connectivity index (χ4v) is 6.20. The third-order valence-corrected chi connectivity index (χ3v) is 7.23. The first-order valence-corrected chi connectivity index (χ1v) is 8.29. The molecule has 2 aliphatic carbocycles. The molecule has 0 N–H and O–H groups in total. The molecule has 0 radical (unpaired) electrons. The highest BCUT2D eigenvalue weighted by Crippen LogP contribution is 2.61. The predicted molar refractivity (Wildman–Crippen MR) is 70.2 cm³/mol.